The number of aliphatic hydroxyl groups excluding tert-OH is 1. The third kappa shape index (κ3) is 4.17. The van der Waals surface area contributed by atoms with E-state index in [-0.39, 0.29) is 63.3 Å². The van der Waals surface area contributed by atoms with Gasteiger partial charge in [0.2, 0.25) is 0 Å². The third-order valence-corrected chi connectivity index (χ3v) is 14.0. The SMILES string of the molecule is CC1(C)CC[C@]2(NC(=O)N3CCC(O)CC3)CC[C@]3(C)C(C(=O)C=C4[C@@]5(C)C=C(C#N)C(=O)C(C)(C)[C@@H]5CC[C@]43C)C2C1. The second kappa shape index (κ2) is 9.52. The van der Waals surface area contributed by atoms with E-state index in [4.69, 9.17) is 0 Å². The molecule has 43 heavy (non-hydrogen) atoms. The number of allylic oxidation sites excluding steroid dienone is 4. The molecule has 0 radical (unpaired) electrons. The van der Waals surface area contributed by atoms with E-state index in [2.05, 4.69) is 46.0 Å². The zero-order valence-electron chi connectivity index (χ0n) is 27.3. The van der Waals surface area contributed by atoms with Crippen LogP contribution < -0.4 is 5.32 Å². The van der Waals surface area contributed by atoms with Gasteiger partial charge in [0.1, 0.15) is 6.07 Å². The minimum absolute atomic E-state index is 0.0236. The number of carbonyl (C=O) groups is 3. The van der Waals surface area contributed by atoms with Crippen molar-refractivity contribution in [2.45, 2.75) is 118 Å². The predicted molar refractivity (Wildman–Crippen MR) is 165 cm³/mol. The second-order valence-corrected chi connectivity index (χ2v) is 17.1. The number of nitriles is 1. The van der Waals surface area contributed by atoms with E-state index >= 15 is 0 Å². The van der Waals surface area contributed by atoms with Gasteiger partial charge in [0, 0.05) is 35.4 Å². The maximum absolute atomic E-state index is 14.7. The highest BCUT2D eigenvalue weighted by Crippen LogP contribution is 2.73. The lowest BCUT2D eigenvalue weighted by atomic mass is 9.35. The van der Waals surface area contributed by atoms with Gasteiger partial charge in [-0.15, -0.1) is 0 Å². The van der Waals surface area contributed by atoms with Gasteiger partial charge in [-0.3, -0.25) is 9.59 Å². The van der Waals surface area contributed by atoms with Crippen LogP contribution in [-0.2, 0) is 9.59 Å². The van der Waals surface area contributed by atoms with Crippen LogP contribution in [0.3, 0.4) is 0 Å². The lowest BCUT2D eigenvalue weighted by molar-refractivity contribution is -0.160. The fourth-order valence-electron chi connectivity index (χ4n) is 11.2. The topological polar surface area (TPSA) is 110 Å². The maximum Gasteiger partial charge on any atom is 0.317 e. The molecule has 1 aliphatic heterocycles. The van der Waals surface area contributed by atoms with Crippen LogP contribution in [0.5, 0.6) is 0 Å². The predicted octanol–water partition coefficient (Wildman–Crippen LogP) is 6.12. The first-order valence-electron chi connectivity index (χ1n) is 16.6. The number of hydrogen-bond donors (Lipinski definition) is 2. The van der Waals surface area contributed by atoms with Crippen molar-refractivity contribution < 1.29 is 19.5 Å². The van der Waals surface area contributed by atoms with Gasteiger partial charge < -0.3 is 15.3 Å². The molecule has 234 valence electrons. The number of rotatable bonds is 1. The van der Waals surface area contributed by atoms with Crippen LogP contribution in [0.15, 0.2) is 23.3 Å². The quantitative estimate of drug-likeness (QED) is 0.383. The number of amides is 2. The average Bonchev–Trinajstić information content (AvgIpc) is 2.93. The van der Waals surface area contributed by atoms with Gasteiger partial charge in [-0.2, -0.15) is 5.26 Å². The first kappa shape index (κ1) is 30.6. The van der Waals surface area contributed by atoms with Crippen LogP contribution in [0.2, 0.25) is 0 Å². The molecule has 5 aliphatic carbocycles. The van der Waals surface area contributed by atoms with Gasteiger partial charge in [-0.1, -0.05) is 60.1 Å². The zero-order chi connectivity index (χ0) is 31.4. The van der Waals surface area contributed by atoms with Gasteiger partial charge >= 0.3 is 6.03 Å². The Kier molecular flexibility index (Phi) is 6.77. The summed E-state index contributed by atoms with van der Waals surface area (Å²) >= 11 is 0. The van der Waals surface area contributed by atoms with Crippen LogP contribution in [0.1, 0.15) is 106 Å². The number of nitrogens with zero attached hydrogens (tertiary/aromatic N) is 2. The molecule has 1 heterocycles. The molecular formula is C36H51N3O4. The number of nitrogens with one attached hydrogen (secondary N) is 1. The molecule has 6 aliphatic rings. The molecule has 0 aromatic rings. The second-order valence-electron chi connectivity index (χ2n) is 17.1. The molecule has 0 spiro atoms. The Labute approximate surface area is 257 Å². The van der Waals surface area contributed by atoms with Crippen molar-refractivity contribution in [2.75, 3.05) is 13.1 Å². The summed E-state index contributed by atoms with van der Waals surface area (Å²) in [4.78, 5) is 43.6. The normalized spacial score (nSPS) is 43.6. The van der Waals surface area contributed by atoms with Crippen LogP contribution in [0, 0.1) is 56.2 Å². The molecule has 2 unspecified atom stereocenters. The van der Waals surface area contributed by atoms with Crippen molar-refractivity contribution in [3.05, 3.63) is 23.3 Å². The van der Waals surface area contributed by atoms with Gasteiger partial charge in [0.25, 0.3) is 0 Å². The Morgan fingerprint density at radius 2 is 1.63 bits per heavy atom. The molecule has 0 aromatic heterocycles. The van der Waals surface area contributed by atoms with Crippen molar-refractivity contribution in [3.8, 4) is 6.07 Å². The summed E-state index contributed by atoms with van der Waals surface area (Å²) in [6, 6.07) is 2.14. The molecule has 7 nitrogen and oxygen atoms in total. The molecule has 2 amide bonds. The zero-order valence-corrected chi connectivity index (χ0v) is 27.3. The minimum atomic E-state index is -0.679. The maximum atomic E-state index is 14.7. The number of piperidine rings is 1. The fourth-order valence-corrected chi connectivity index (χ4v) is 11.2. The lowest BCUT2D eigenvalue weighted by Crippen LogP contribution is -2.70. The molecule has 7 heteroatoms. The molecule has 0 aromatic carbocycles. The fraction of sp³-hybridized carbons (Fsp3) is 0.778. The van der Waals surface area contributed by atoms with E-state index in [1.807, 2.05) is 30.9 Å². The molecule has 1 saturated heterocycles. The average molecular weight is 590 g/mol. The van der Waals surface area contributed by atoms with E-state index in [1.54, 1.807) is 0 Å². The first-order chi connectivity index (χ1) is 19.9. The van der Waals surface area contributed by atoms with Crippen molar-refractivity contribution in [1.29, 1.82) is 5.26 Å². The summed E-state index contributed by atoms with van der Waals surface area (Å²) in [5, 5.41) is 23.5. The number of likely N-dealkylation sites (tertiary alicyclic amines) is 1. The number of urea groups is 1. The van der Waals surface area contributed by atoms with Gasteiger partial charge in [-0.25, -0.2) is 4.79 Å². The molecule has 0 bridgehead atoms. The number of Topliss-reactive ketones (excluding diaryl/α,β-unsaturated/α-hetero) is 1. The molecule has 3 saturated carbocycles. The largest absolute Gasteiger partial charge is 0.393 e. The minimum Gasteiger partial charge on any atom is -0.393 e. The number of fused-ring (bicyclic) bond motifs is 7. The summed E-state index contributed by atoms with van der Waals surface area (Å²) in [6.45, 7) is 16.5. The third-order valence-electron chi connectivity index (χ3n) is 14.0. The van der Waals surface area contributed by atoms with E-state index in [1.165, 1.54) is 0 Å². The lowest BCUT2D eigenvalue weighted by Gasteiger charge is -2.69. The van der Waals surface area contributed by atoms with E-state index < -0.39 is 16.4 Å². The molecule has 4 fully saturated rings. The van der Waals surface area contributed by atoms with Crippen LogP contribution in [0.25, 0.3) is 0 Å². The Bertz CT molecular complexity index is 1360. The van der Waals surface area contributed by atoms with Crippen molar-refractivity contribution in [1.82, 2.24) is 10.2 Å². The van der Waals surface area contributed by atoms with Gasteiger partial charge in [0.05, 0.1) is 11.7 Å². The van der Waals surface area contributed by atoms with Crippen LogP contribution >= 0.6 is 0 Å². The summed E-state index contributed by atoms with van der Waals surface area (Å²) in [5.41, 5.74) is -0.850. The monoisotopic (exact) mass is 589 g/mol. The van der Waals surface area contributed by atoms with E-state index in [0.29, 0.717) is 25.9 Å². The van der Waals surface area contributed by atoms with E-state index in [9.17, 15) is 24.8 Å². The number of carbonyl (C=O) groups excluding carboxylic acids is 3. The summed E-state index contributed by atoms with van der Waals surface area (Å²) in [7, 11) is 0. The summed E-state index contributed by atoms with van der Waals surface area (Å²) in [6.07, 6.45) is 10.9. The number of ketones is 2. The molecule has 2 N–H and O–H groups in total. The standard InChI is InChI=1S/C36H51N3O4/c1-31(2)12-14-36(38-30(43)39-16-9-23(40)10-17-39)15-13-35(7)28(24(36)20-31)25(41)18-27-33(5)19-22(21-37)29(42)32(3,4)26(33)8-11-34(27,35)6/h18-19,23-24,26,28,40H,8-17,20H2,1-7H3,(H,38,43)/t24?,26-,28?,33-,34+,35+,36-/m0/s1. The van der Waals surface area contributed by atoms with Crippen LogP contribution in [-0.4, -0.2) is 52.3 Å². The highest BCUT2D eigenvalue weighted by molar-refractivity contribution is 6.04. The highest BCUT2D eigenvalue weighted by Gasteiger charge is 2.70. The Morgan fingerprint density at radius 1 is 0.977 bits per heavy atom. The Morgan fingerprint density at radius 3 is 2.28 bits per heavy atom. The van der Waals surface area contributed by atoms with Gasteiger partial charge in [0.15, 0.2) is 11.6 Å². The van der Waals surface area contributed by atoms with Gasteiger partial charge in [-0.05, 0) is 91.9 Å². The first-order valence-corrected chi connectivity index (χ1v) is 16.6. The smallest absolute Gasteiger partial charge is 0.317 e. The summed E-state index contributed by atoms with van der Waals surface area (Å²) in [5.74, 6) is -0.0951. The Balaban J connectivity index is 1.43. The Hall–Kier alpha value is -2.46. The number of hydrogen-bond acceptors (Lipinski definition) is 5. The van der Waals surface area contributed by atoms with Crippen molar-refractivity contribution in [2.24, 2.45) is 44.8 Å². The molecule has 6 rings (SSSR count). The van der Waals surface area contributed by atoms with Crippen LogP contribution in [0.4, 0.5) is 4.79 Å². The van der Waals surface area contributed by atoms with Crippen molar-refractivity contribution >= 4 is 17.6 Å². The summed E-state index contributed by atoms with van der Waals surface area (Å²) < 4.78 is 0. The molecule has 7 atom stereocenters. The number of aliphatic hydroxyl groups is 1. The van der Waals surface area contributed by atoms with Crippen molar-refractivity contribution in [3.63, 3.8) is 0 Å². The molecular weight excluding hydrogens is 538 g/mol. The van der Waals surface area contributed by atoms with E-state index in [0.717, 1.165) is 50.5 Å². The highest BCUT2D eigenvalue weighted by atomic mass is 16.3.